The summed E-state index contributed by atoms with van der Waals surface area (Å²) in [6.45, 7) is 3.94. The van der Waals surface area contributed by atoms with Gasteiger partial charge in [-0.05, 0) is 49.2 Å². The van der Waals surface area contributed by atoms with Crippen molar-refractivity contribution in [2.45, 2.75) is 45.0 Å². The fraction of sp³-hybridized carbons (Fsp3) is 0.385. The second-order valence-corrected chi connectivity index (χ2v) is 8.06. The number of carbonyl (C=O) groups is 2. The molecule has 0 radical (unpaired) electrons. The number of hydrogen-bond acceptors (Lipinski definition) is 10. The second kappa shape index (κ2) is 16.1. The fourth-order valence-electron chi connectivity index (χ4n) is 3.15. The summed E-state index contributed by atoms with van der Waals surface area (Å²) in [7, 11) is 0. The summed E-state index contributed by atoms with van der Waals surface area (Å²) < 4.78 is 10.7. The van der Waals surface area contributed by atoms with Crippen LogP contribution in [0.3, 0.4) is 0 Å². The lowest BCUT2D eigenvalue weighted by Gasteiger charge is -2.21. The van der Waals surface area contributed by atoms with Gasteiger partial charge in [0.1, 0.15) is 35.5 Å². The number of rotatable bonds is 15. The number of hydrogen-bond donors (Lipinski definition) is 6. The smallest absolute Gasteiger partial charge is 0.244 e. The highest BCUT2D eigenvalue weighted by molar-refractivity contribution is 6.32. The SMILES string of the molecule is CCOc1ccc(CC(=O)N/N=C(/C=N/NC(=O)Cc2ccc(OCC)cc2)[C@H](O)[C@@H](O)[C@@H](O)CO)cc1. The van der Waals surface area contributed by atoms with Crippen molar-refractivity contribution in [2.24, 2.45) is 10.2 Å². The Hall–Kier alpha value is -3.84. The third-order valence-electron chi connectivity index (χ3n) is 5.10. The molecule has 0 spiro atoms. The summed E-state index contributed by atoms with van der Waals surface area (Å²) in [5.74, 6) is 0.328. The van der Waals surface area contributed by atoms with Crippen molar-refractivity contribution < 1.29 is 39.5 Å². The Balaban J connectivity index is 2.04. The largest absolute Gasteiger partial charge is 0.494 e. The molecule has 38 heavy (non-hydrogen) atoms. The number of benzene rings is 2. The molecule has 12 nitrogen and oxygen atoms in total. The topological polar surface area (TPSA) is 182 Å². The predicted octanol–water partition coefficient (Wildman–Crippen LogP) is -0.0816. The van der Waals surface area contributed by atoms with Gasteiger partial charge < -0.3 is 29.9 Å². The van der Waals surface area contributed by atoms with E-state index in [1.165, 1.54) is 0 Å². The van der Waals surface area contributed by atoms with E-state index in [0.29, 0.717) is 35.8 Å². The van der Waals surface area contributed by atoms with Crippen LogP contribution in [0.4, 0.5) is 0 Å². The molecule has 0 saturated carbocycles. The van der Waals surface area contributed by atoms with E-state index in [0.717, 1.165) is 6.21 Å². The molecule has 0 heterocycles. The van der Waals surface area contributed by atoms with Gasteiger partial charge in [0.25, 0.3) is 0 Å². The monoisotopic (exact) mass is 530 g/mol. The van der Waals surface area contributed by atoms with Crippen molar-refractivity contribution in [1.82, 2.24) is 10.9 Å². The number of amides is 2. The minimum Gasteiger partial charge on any atom is -0.494 e. The highest BCUT2D eigenvalue weighted by Crippen LogP contribution is 2.13. The van der Waals surface area contributed by atoms with Gasteiger partial charge in [0.15, 0.2) is 0 Å². The van der Waals surface area contributed by atoms with E-state index in [-0.39, 0.29) is 18.6 Å². The van der Waals surface area contributed by atoms with Gasteiger partial charge in [-0.3, -0.25) is 9.59 Å². The van der Waals surface area contributed by atoms with E-state index in [9.17, 15) is 24.9 Å². The lowest BCUT2D eigenvalue weighted by molar-refractivity contribution is -0.121. The molecule has 0 saturated heterocycles. The van der Waals surface area contributed by atoms with Crippen LogP contribution in [-0.2, 0) is 22.4 Å². The van der Waals surface area contributed by atoms with Gasteiger partial charge >= 0.3 is 0 Å². The molecular weight excluding hydrogens is 496 g/mol. The lowest BCUT2D eigenvalue weighted by atomic mass is 10.0. The average molecular weight is 531 g/mol. The first kappa shape index (κ1) is 30.4. The molecule has 0 unspecified atom stereocenters. The zero-order chi connectivity index (χ0) is 27.9. The minimum absolute atomic E-state index is 0.00342. The van der Waals surface area contributed by atoms with Crippen molar-refractivity contribution in [3.8, 4) is 11.5 Å². The van der Waals surface area contributed by atoms with Crippen molar-refractivity contribution >= 4 is 23.7 Å². The Kier molecular flexibility index (Phi) is 12.9. The van der Waals surface area contributed by atoms with Crippen LogP contribution in [0.25, 0.3) is 0 Å². The molecule has 12 heteroatoms. The molecule has 0 aliphatic rings. The number of hydrazone groups is 2. The second-order valence-electron chi connectivity index (χ2n) is 8.06. The summed E-state index contributed by atoms with van der Waals surface area (Å²) in [5, 5.41) is 46.7. The minimum atomic E-state index is -1.84. The summed E-state index contributed by atoms with van der Waals surface area (Å²) in [6.07, 6.45) is -4.48. The van der Waals surface area contributed by atoms with E-state index < -0.39 is 36.7 Å². The highest BCUT2D eigenvalue weighted by Gasteiger charge is 2.28. The van der Waals surface area contributed by atoms with Crippen molar-refractivity contribution in [2.75, 3.05) is 19.8 Å². The highest BCUT2D eigenvalue weighted by atomic mass is 16.5. The van der Waals surface area contributed by atoms with Crippen LogP contribution < -0.4 is 20.3 Å². The first-order valence-corrected chi connectivity index (χ1v) is 12.0. The molecule has 2 amide bonds. The molecule has 2 rings (SSSR count). The van der Waals surface area contributed by atoms with Crippen molar-refractivity contribution in [3.05, 3.63) is 59.7 Å². The first-order chi connectivity index (χ1) is 18.3. The van der Waals surface area contributed by atoms with E-state index in [4.69, 9.17) is 14.6 Å². The third-order valence-corrected chi connectivity index (χ3v) is 5.10. The standard InChI is InChI=1S/C26H34N4O8/c1-3-37-19-9-5-17(6-10-19)13-23(33)29-27-15-21(25(35)26(36)22(32)16-31)28-30-24(34)14-18-7-11-20(12-8-18)38-4-2/h5-12,15,22,25-26,31-32,35-36H,3-4,13-14,16H2,1-2H3,(H,29,33)(H,30,34)/b27-15+,28-21-/t22-,25-,26-/m0/s1. The Morgan fingerprint density at radius 1 is 0.842 bits per heavy atom. The number of aliphatic hydroxyl groups excluding tert-OH is 4. The van der Waals surface area contributed by atoms with Gasteiger partial charge in [-0.1, -0.05) is 24.3 Å². The van der Waals surface area contributed by atoms with Gasteiger partial charge in [-0.2, -0.15) is 10.2 Å². The lowest BCUT2D eigenvalue weighted by Crippen LogP contribution is -2.45. The Morgan fingerprint density at radius 3 is 1.76 bits per heavy atom. The number of carbonyl (C=O) groups excluding carboxylic acids is 2. The molecule has 0 aliphatic carbocycles. The Morgan fingerprint density at radius 2 is 1.32 bits per heavy atom. The van der Waals surface area contributed by atoms with Gasteiger partial charge in [-0.15, -0.1) is 0 Å². The van der Waals surface area contributed by atoms with Crippen LogP contribution in [0.2, 0.25) is 0 Å². The van der Waals surface area contributed by atoms with Gasteiger partial charge in [0.2, 0.25) is 11.8 Å². The average Bonchev–Trinajstić information content (AvgIpc) is 2.91. The fourth-order valence-corrected chi connectivity index (χ4v) is 3.15. The molecule has 3 atom stereocenters. The molecule has 0 aromatic heterocycles. The maximum absolute atomic E-state index is 12.4. The van der Waals surface area contributed by atoms with Crippen molar-refractivity contribution in [3.63, 3.8) is 0 Å². The molecule has 6 N–H and O–H groups in total. The summed E-state index contributed by atoms with van der Waals surface area (Å²) in [4.78, 5) is 24.6. The normalized spacial score (nSPS) is 14.0. The zero-order valence-corrected chi connectivity index (χ0v) is 21.3. The van der Waals surface area contributed by atoms with Crippen molar-refractivity contribution in [1.29, 1.82) is 0 Å². The molecular formula is C26H34N4O8. The summed E-state index contributed by atoms with van der Waals surface area (Å²) >= 11 is 0. The molecule has 0 aliphatic heterocycles. The predicted molar refractivity (Wildman–Crippen MR) is 140 cm³/mol. The van der Waals surface area contributed by atoms with Crippen LogP contribution >= 0.6 is 0 Å². The van der Waals surface area contributed by atoms with Crippen LogP contribution in [0.5, 0.6) is 11.5 Å². The first-order valence-electron chi connectivity index (χ1n) is 12.0. The number of ether oxygens (including phenoxy) is 2. The van der Waals surface area contributed by atoms with Crippen LogP contribution in [0.1, 0.15) is 25.0 Å². The molecule has 2 aromatic carbocycles. The van der Waals surface area contributed by atoms with Gasteiger partial charge in [-0.25, -0.2) is 10.9 Å². The van der Waals surface area contributed by atoms with E-state index in [2.05, 4.69) is 21.1 Å². The summed E-state index contributed by atoms with van der Waals surface area (Å²) in [5.41, 5.74) is 5.53. The van der Waals surface area contributed by atoms with Gasteiger partial charge in [0.05, 0.1) is 38.9 Å². The maximum Gasteiger partial charge on any atom is 0.244 e. The Labute approximate surface area is 220 Å². The summed E-state index contributed by atoms with van der Waals surface area (Å²) in [6, 6.07) is 13.8. The van der Waals surface area contributed by atoms with E-state index >= 15 is 0 Å². The molecule has 0 bridgehead atoms. The van der Waals surface area contributed by atoms with E-state index in [1.807, 2.05) is 13.8 Å². The number of nitrogens with one attached hydrogen (secondary N) is 2. The molecule has 206 valence electrons. The molecule has 0 fully saturated rings. The maximum atomic E-state index is 12.4. The van der Waals surface area contributed by atoms with Crippen LogP contribution in [0, 0.1) is 0 Å². The van der Waals surface area contributed by atoms with Crippen LogP contribution in [-0.4, -0.2) is 82.3 Å². The Bertz CT molecular complexity index is 1070. The third kappa shape index (κ3) is 10.3. The van der Waals surface area contributed by atoms with E-state index in [1.54, 1.807) is 48.5 Å². The zero-order valence-electron chi connectivity index (χ0n) is 21.3. The number of nitrogens with zero attached hydrogens (tertiary/aromatic N) is 2. The van der Waals surface area contributed by atoms with Gasteiger partial charge in [0, 0.05) is 0 Å². The van der Waals surface area contributed by atoms with Crippen LogP contribution in [0.15, 0.2) is 58.7 Å². The molecule has 2 aromatic rings. The quantitative estimate of drug-likeness (QED) is 0.136. The number of aliphatic hydroxyl groups is 4.